The van der Waals surface area contributed by atoms with Crippen molar-refractivity contribution in [2.45, 2.75) is 30.9 Å². The first-order valence-corrected chi connectivity index (χ1v) is 8.76. The Kier molecular flexibility index (Phi) is 4.58. The van der Waals surface area contributed by atoms with Gasteiger partial charge in [-0.1, -0.05) is 24.2 Å². The molecule has 0 aliphatic heterocycles. The number of thioether (sulfide) groups is 1. The highest BCUT2D eigenvalue weighted by Crippen LogP contribution is 2.31. The van der Waals surface area contributed by atoms with Crippen molar-refractivity contribution in [3.63, 3.8) is 0 Å². The Morgan fingerprint density at radius 1 is 1.32 bits per heavy atom. The lowest BCUT2D eigenvalue weighted by molar-refractivity contribution is -0.113. The minimum Gasteiger partial charge on any atom is -0.301 e. The molecule has 0 unspecified atom stereocenters. The van der Waals surface area contributed by atoms with E-state index in [0.29, 0.717) is 11.0 Å². The largest absolute Gasteiger partial charge is 0.301 e. The molecule has 1 aliphatic carbocycles. The van der Waals surface area contributed by atoms with Crippen LogP contribution in [0.2, 0.25) is 0 Å². The van der Waals surface area contributed by atoms with Crippen LogP contribution < -0.4 is 5.32 Å². The summed E-state index contributed by atoms with van der Waals surface area (Å²) in [6.07, 6.45) is 4.66. The lowest BCUT2D eigenvalue weighted by Crippen LogP contribution is -2.15. The van der Waals surface area contributed by atoms with Gasteiger partial charge in [0, 0.05) is 5.25 Å². The van der Waals surface area contributed by atoms with Crippen LogP contribution in [0.15, 0.2) is 6.07 Å². The van der Waals surface area contributed by atoms with Gasteiger partial charge in [-0.05, 0) is 18.9 Å². The van der Waals surface area contributed by atoms with Crippen LogP contribution in [0.4, 0.5) is 18.3 Å². The Morgan fingerprint density at radius 3 is 2.77 bits per heavy atom. The minimum absolute atomic E-state index is 0.149. The van der Waals surface area contributed by atoms with E-state index in [0.717, 1.165) is 30.2 Å². The van der Waals surface area contributed by atoms with E-state index in [-0.39, 0.29) is 21.3 Å². The van der Waals surface area contributed by atoms with Gasteiger partial charge in [-0.3, -0.25) is 4.79 Å². The number of hydrogen-bond donors (Lipinski definition) is 1. The second kappa shape index (κ2) is 6.45. The lowest BCUT2D eigenvalue weighted by Gasteiger charge is -2.07. The molecule has 0 atom stereocenters. The monoisotopic (exact) mass is 346 g/mol. The number of nitrogens with zero attached hydrogens (tertiary/aromatic N) is 1. The van der Waals surface area contributed by atoms with Gasteiger partial charge in [-0.2, -0.15) is 0 Å². The topological polar surface area (TPSA) is 42.0 Å². The van der Waals surface area contributed by atoms with Crippen LogP contribution in [0, 0.1) is 17.5 Å². The van der Waals surface area contributed by atoms with Crippen LogP contribution in [0.25, 0.3) is 10.2 Å². The number of aromatic nitrogens is 1. The summed E-state index contributed by atoms with van der Waals surface area (Å²) in [6, 6.07) is 0.883. The second-order valence-corrected chi connectivity index (χ2v) is 7.44. The number of anilines is 1. The minimum atomic E-state index is -1.55. The van der Waals surface area contributed by atoms with Gasteiger partial charge in [0.2, 0.25) is 5.91 Å². The molecule has 0 saturated heterocycles. The molecule has 1 aromatic carbocycles. The maximum Gasteiger partial charge on any atom is 0.236 e. The normalized spacial score (nSPS) is 15.6. The highest BCUT2D eigenvalue weighted by atomic mass is 32.2. The van der Waals surface area contributed by atoms with E-state index >= 15 is 0 Å². The summed E-state index contributed by atoms with van der Waals surface area (Å²) in [7, 11) is 0. The van der Waals surface area contributed by atoms with Crippen molar-refractivity contribution in [3.05, 3.63) is 23.5 Å². The smallest absolute Gasteiger partial charge is 0.236 e. The standard InChI is InChI=1S/C14H13F3N2OS2/c15-8-5-9-13(12(17)11(8)16)19-14(22-9)18-10(20)6-21-7-3-1-2-4-7/h5,7H,1-4,6H2,(H,18,19,20). The Balaban J connectivity index is 1.68. The quantitative estimate of drug-likeness (QED) is 0.838. The third-order valence-corrected chi connectivity index (χ3v) is 5.81. The van der Waals surface area contributed by atoms with Crippen LogP contribution in [-0.2, 0) is 4.79 Å². The zero-order valence-electron chi connectivity index (χ0n) is 11.5. The Hall–Kier alpha value is -1.28. The first-order valence-electron chi connectivity index (χ1n) is 6.90. The van der Waals surface area contributed by atoms with E-state index < -0.39 is 17.5 Å². The van der Waals surface area contributed by atoms with Gasteiger partial charge in [0.15, 0.2) is 22.6 Å². The zero-order chi connectivity index (χ0) is 15.7. The van der Waals surface area contributed by atoms with Crippen molar-refractivity contribution in [3.8, 4) is 0 Å². The molecule has 22 heavy (non-hydrogen) atoms. The fourth-order valence-electron chi connectivity index (χ4n) is 2.43. The van der Waals surface area contributed by atoms with Gasteiger partial charge in [0.1, 0.15) is 5.52 Å². The second-order valence-electron chi connectivity index (χ2n) is 5.12. The van der Waals surface area contributed by atoms with E-state index in [9.17, 15) is 18.0 Å². The van der Waals surface area contributed by atoms with Gasteiger partial charge in [-0.25, -0.2) is 18.2 Å². The molecule has 1 saturated carbocycles. The Bertz CT molecular complexity index is 714. The molecule has 1 heterocycles. The Labute approximate surface area is 133 Å². The predicted molar refractivity (Wildman–Crippen MR) is 82.8 cm³/mol. The van der Waals surface area contributed by atoms with Crippen LogP contribution in [0.3, 0.4) is 0 Å². The van der Waals surface area contributed by atoms with E-state index in [4.69, 9.17) is 0 Å². The average Bonchev–Trinajstić information content (AvgIpc) is 3.12. The molecule has 1 N–H and O–H groups in total. The average molecular weight is 346 g/mol. The number of thiazole rings is 1. The molecule has 1 amide bonds. The number of rotatable bonds is 4. The third kappa shape index (κ3) is 3.22. The maximum atomic E-state index is 13.6. The summed E-state index contributed by atoms with van der Waals surface area (Å²) in [5, 5.41) is 3.22. The van der Waals surface area contributed by atoms with E-state index in [1.165, 1.54) is 12.8 Å². The van der Waals surface area contributed by atoms with Crippen molar-refractivity contribution in [2.24, 2.45) is 0 Å². The summed E-state index contributed by atoms with van der Waals surface area (Å²) < 4.78 is 40.0. The lowest BCUT2D eigenvalue weighted by atomic mass is 10.3. The SMILES string of the molecule is O=C(CSC1CCCC1)Nc1nc2c(F)c(F)c(F)cc2s1. The van der Waals surface area contributed by atoms with Crippen LogP contribution in [0.5, 0.6) is 0 Å². The predicted octanol–water partition coefficient (Wildman–Crippen LogP) is 4.33. The molecule has 1 aromatic heterocycles. The summed E-state index contributed by atoms with van der Waals surface area (Å²) in [5.74, 6) is -4.08. The molecule has 1 fully saturated rings. The maximum absolute atomic E-state index is 13.6. The van der Waals surface area contributed by atoms with E-state index in [1.807, 2.05) is 0 Å². The highest BCUT2D eigenvalue weighted by Gasteiger charge is 2.19. The first-order chi connectivity index (χ1) is 10.5. The molecular weight excluding hydrogens is 333 g/mol. The molecule has 3 rings (SSSR count). The number of amides is 1. The molecule has 3 nitrogen and oxygen atoms in total. The molecule has 0 bridgehead atoms. The number of benzene rings is 1. The Morgan fingerprint density at radius 2 is 2.05 bits per heavy atom. The number of nitrogens with one attached hydrogen (secondary N) is 1. The third-order valence-electron chi connectivity index (χ3n) is 3.52. The van der Waals surface area contributed by atoms with Crippen molar-refractivity contribution < 1.29 is 18.0 Å². The number of carbonyl (C=O) groups excluding carboxylic acids is 1. The molecule has 1 aliphatic rings. The van der Waals surface area contributed by atoms with Crippen molar-refractivity contribution >= 4 is 44.4 Å². The number of carbonyl (C=O) groups is 1. The first kappa shape index (κ1) is 15.6. The highest BCUT2D eigenvalue weighted by molar-refractivity contribution is 8.00. The zero-order valence-corrected chi connectivity index (χ0v) is 13.1. The van der Waals surface area contributed by atoms with Crippen molar-refractivity contribution in [1.82, 2.24) is 4.98 Å². The number of fused-ring (bicyclic) bond motifs is 1. The fourth-order valence-corrected chi connectivity index (χ4v) is 4.46. The molecular formula is C14H13F3N2OS2. The molecule has 2 aromatic rings. The van der Waals surface area contributed by atoms with Crippen LogP contribution >= 0.6 is 23.1 Å². The summed E-state index contributed by atoms with van der Waals surface area (Å²) in [4.78, 5) is 15.7. The van der Waals surface area contributed by atoms with Crippen molar-refractivity contribution in [1.29, 1.82) is 0 Å². The molecule has 8 heteroatoms. The van der Waals surface area contributed by atoms with Gasteiger partial charge in [0.05, 0.1) is 10.5 Å². The summed E-state index contributed by atoms with van der Waals surface area (Å²) in [6.45, 7) is 0. The number of hydrogen-bond acceptors (Lipinski definition) is 4. The summed E-state index contributed by atoms with van der Waals surface area (Å²) >= 11 is 2.52. The van der Waals surface area contributed by atoms with Crippen LogP contribution in [-0.4, -0.2) is 21.9 Å². The fraction of sp³-hybridized carbons (Fsp3) is 0.429. The molecule has 0 spiro atoms. The number of halogens is 3. The van der Waals surface area contributed by atoms with Gasteiger partial charge >= 0.3 is 0 Å². The molecule has 0 radical (unpaired) electrons. The van der Waals surface area contributed by atoms with E-state index in [1.54, 1.807) is 11.8 Å². The van der Waals surface area contributed by atoms with Gasteiger partial charge < -0.3 is 5.32 Å². The summed E-state index contributed by atoms with van der Waals surface area (Å²) in [5.41, 5.74) is -0.261. The molecule has 118 valence electrons. The van der Waals surface area contributed by atoms with Crippen LogP contribution in [0.1, 0.15) is 25.7 Å². The van der Waals surface area contributed by atoms with E-state index in [2.05, 4.69) is 10.3 Å². The van der Waals surface area contributed by atoms with Gasteiger partial charge in [-0.15, -0.1) is 11.8 Å². The van der Waals surface area contributed by atoms with Crippen molar-refractivity contribution in [2.75, 3.05) is 11.1 Å². The van der Waals surface area contributed by atoms with Gasteiger partial charge in [0.25, 0.3) is 0 Å².